The van der Waals surface area contributed by atoms with E-state index in [0.717, 1.165) is 12.8 Å². The highest BCUT2D eigenvalue weighted by Crippen LogP contribution is 2.18. The van der Waals surface area contributed by atoms with Crippen LogP contribution >= 0.6 is 0 Å². The molecule has 0 aliphatic carbocycles. The van der Waals surface area contributed by atoms with Gasteiger partial charge in [0.2, 0.25) is 0 Å². The van der Waals surface area contributed by atoms with E-state index in [2.05, 4.69) is 26.2 Å². The van der Waals surface area contributed by atoms with Crippen LogP contribution < -0.4 is 0 Å². The lowest BCUT2D eigenvalue weighted by Crippen LogP contribution is -1.87. The summed E-state index contributed by atoms with van der Waals surface area (Å²) >= 11 is 0. The van der Waals surface area contributed by atoms with E-state index in [1.165, 1.54) is 64.2 Å². The molecular formula is C19H34. The van der Waals surface area contributed by atoms with Gasteiger partial charge in [-0.05, 0) is 57.8 Å². The zero-order valence-electron chi connectivity index (χ0n) is 13.1. The lowest BCUT2D eigenvalue weighted by molar-refractivity contribution is 0.662. The van der Waals surface area contributed by atoms with Gasteiger partial charge in [-0.3, -0.25) is 0 Å². The summed E-state index contributed by atoms with van der Waals surface area (Å²) in [6, 6.07) is 0. The lowest BCUT2D eigenvalue weighted by atomic mass is 9.99. The zero-order chi connectivity index (χ0) is 14.2. The van der Waals surface area contributed by atoms with Gasteiger partial charge in [0.1, 0.15) is 0 Å². The molecule has 0 aromatic carbocycles. The molecule has 0 N–H and O–H groups in total. The van der Waals surface area contributed by atoms with Crippen LogP contribution in [-0.4, -0.2) is 0 Å². The van der Waals surface area contributed by atoms with Crippen LogP contribution in [0.5, 0.6) is 0 Å². The van der Waals surface area contributed by atoms with E-state index in [1.807, 2.05) is 12.2 Å². The first-order chi connectivity index (χ1) is 9.35. The fourth-order valence-electron chi connectivity index (χ4n) is 2.32. The summed E-state index contributed by atoms with van der Waals surface area (Å²) in [5, 5.41) is 0. The predicted octanol–water partition coefficient (Wildman–Crippen LogP) is 6.99. The third-order valence-electron chi connectivity index (χ3n) is 3.55. The SMILES string of the molecule is C=CCCCCC(=CCCCCCC)CCCC=C. The molecule has 0 unspecified atom stereocenters. The Morgan fingerprint density at radius 1 is 0.737 bits per heavy atom. The predicted molar refractivity (Wildman–Crippen MR) is 89.6 cm³/mol. The molecule has 0 nitrogen and oxygen atoms in total. The number of rotatable bonds is 14. The molecule has 0 atom stereocenters. The van der Waals surface area contributed by atoms with Crippen LogP contribution in [0.1, 0.15) is 84.0 Å². The Morgan fingerprint density at radius 3 is 2.05 bits per heavy atom. The lowest BCUT2D eigenvalue weighted by Gasteiger charge is -2.07. The molecule has 0 saturated heterocycles. The second-order valence-electron chi connectivity index (χ2n) is 5.43. The van der Waals surface area contributed by atoms with Gasteiger partial charge in [0.25, 0.3) is 0 Å². The Balaban J connectivity index is 3.89. The summed E-state index contributed by atoms with van der Waals surface area (Å²) in [5.41, 5.74) is 1.68. The second-order valence-corrected chi connectivity index (χ2v) is 5.43. The van der Waals surface area contributed by atoms with Crippen LogP contribution in [-0.2, 0) is 0 Å². The molecule has 110 valence electrons. The van der Waals surface area contributed by atoms with E-state index in [-0.39, 0.29) is 0 Å². The second kappa shape index (κ2) is 15.3. The van der Waals surface area contributed by atoms with Crippen molar-refractivity contribution in [2.45, 2.75) is 84.0 Å². The van der Waals surface area contributed by atoms with Crippen LogP contribution in [0, 0.1) is 0 Å². The Labute approximate surface area is 121 Å². The van der Waals surface area contributed by atoms with Gasteiger partial charge in [-0.15, -0.1) is 13.2 Å². The molecule has 0 heteroatoms. The van der Waals surface area contributed by atoms with Crippen LogP contribution in [0.3, 0.4) is 0 Å². The van der Waals surface area contributed by atoms with Gasteiger partial charge >= 0.3 is 0 Å². The standard InChI is InChI=1S/C19H34/c1-4-7-10-12-15-18-19(16-13-9-6-3)17-14-11-8-5-2/h5-6,18H,2-4,7-17H2,1H3. The molecule has 0 aliphatic heterocycles. The molecule has 0 radical (unpaired) electrons. The van der Waals surface area contributed by atoms with Crippen molar-refractivity contribution in [3.8, 4) is 0 Å². The summed E-state index contributed by atoms with van der Waals surface area (Å²) in [7, 11) is 0. The summed E-state index contributed by atoms with van der Waals surface area (Å²) in [6.07, 6.45) is 22.1. The van der Waals surface area contributed by atoms with E-state index in [4.69, 9.17) is 0 Å². The van der Waals surface area contributed by atoms with E-state index in [9.17, 15) is 0 Å². The van der Waals surface area contributed by atoms with Crippen LogP contribution in [0.2, 0.25) is 0 Å². The maximum absolute atomic E-state index is 3.81. The minimum Gasteiger partial charge on any atom is -0.103 e. The summed E-state index contributed by atoms with van der Waals surface area (Å²) in [6.45, 7) is 9.87. The number of unbranched alkanes of at least 4 members (excludes halogenated alkanes) is 7. The molecule has 0 rings (SSSR count). The molecular weight excluding hydrogens is 228 g/mol. The Bertz CT molecular complexity index is 234. The minimum atomic E-state index is 1.15. The molecule has 0 saturated carbocycles. The average Bonchev–Trinajstić information content (AvgIpc) is 2.42. The highest BCUT2D eigenvalue weighted by atomic mass is 14.0. The highest BCUT2D eigenvalue weighted by molar-refractivity contribution is 5.02. The molecule has 0 bridgehead atoms. The first kappa shape index (κ1) is 18.2. The van der Waals surface area contributed by atoms with E-state index >= 15 is 0 Å². The van der Waals surface area contributed by atoms with Gasteiger partial charge in [-0.2, -0.15) is 0 Å². The first-order valence-electron chi connectivity index (χ1n) is 8.24. The van der Waals surface area contributed by atoms with Gasteiger partial charge in [-0.25, -0.2) is 0 Å². The zero-order valence-corrected chi connectivity index (χ0v) is 13.1. The van der Waals surface area contributed by atoms with E-state index in [1.54, 1.807) is 5.57 Å². The van der Waals surface area contributed by atoms with Crippen molar-refractivity contribution < 1.29 is 0 Å². The van der Waals surface area contributed by atoms with Crippen molar-refractivity contribution in [2.24, 2.45) is 0 Å². The summed E-state index contributed by atoms with van der Waals surface area (Å²) < 4.78 is 0. The van der Waals surface area contributed by atoms with Crippen LogP contribution in [0.25, 0.3) is 0 Å². The minimum absolute atomic E-state index is 1.15. The number of hydrogen-bond donors (Lipinski definition) is 0. The largest absolute Gasteiger partial charge is 0.103 e. The molecule has 0 aliphatic rings. The quantitative estimate of drug-likeness (QED) is 0.234. The van der Waals surface area contributed by atoms with Gasteiger partial charge in [-0.1, -0.05) is 50.0 Å². The number of hydrogen-bond acceptors (Lipinski definition) is 0. The maximum Gasteiger partial charge on any atom is -0.0317 e. The highest BCUT2D eigenvalue weighted by Gasteiger charge is 1.98. The Hall–Kier alpha value is -0.780. The van der Waals surface area contributed by atoms with Gasteiger partial charge in [0.15, 0.2) is 0 Å². The van der Waals surface area contributed by atoms with Crippen molar-refractivity contribution in [2.75, 3.05) is 0 Å². The van der Waals surface area contributed by atoms with Crippen molar-refractivity contribution >= 4 is 0 Å². The van der Waals surface area contributed by atoms with Crippen molar-refractivity contribution in [3.05, 3.63) is 37.0 Å². The third-order valence-corrected chi connectivity index (χ3v) is 3.55. The summed E-state index contributed by atoms with van der Waals surface area (Å²) in [4.78, 5) is 0. The molecule has 0 heterocycles. The maximum atomic E-state index is 3.81. The molecule has 19 heavy (non-hydrogen) atoms. The Morgan fingerprint density at radius 2 is 1.37 bits per heavy atom. The fraction of sp³-hybridized carbons (Fsp3) is 0.684. The Kier molecular flexibility index (Phi) is 14.7. The first-order valence-corrected chi connectivity index (χ1v) is 8.24. The van der Waals surface area contributed by atoms with Gasteiger partial charge in [0.05, 0.1) is 0 Å². The van der Waals surface area contributed by atoms with Crippen molar-refractivity contribution in [1.82, 2.24) is 0 Å². The molecule has 0 aromatic heterocycles. The van der Waals surface area contributed by atoms with E-state index in [0.29, 0.717) is 0 Å². The normalized spacial score (nSPS) is 11.5. The van der Waals surface area contributed by atoms with Gasteiger partial charge < -0.3 is 0 Å². The van der Waals surface area contributed by atoms with Crippen LogP contribution in [0.15, 0.2) is 37.0 Å². The fourth-order valence-corrected chi connectivity index (χ4v) is 2.32. The molecule has 0 spiro atoms. The van der Waals surface area contributed by atoms with Crippen molar-refractivity contribution in [1.29, 1.82) is 0 Å². The summed E-state index contributed by atoms with van der Waals surface area (Å²) in [5.74, 6) is 0. The number of allylic oxidation sites excluding steroid dienone is 4. The smallest absolute Gasteiger partial charge is 0.0317 e. The monoisotopic (exact) mass is 262 g/mol. The molecule has 0 fully saturated rings. The van der Waals surface area contributed by atoms with Gasteiger partial charge in [0, 0.05) is 0 Å². The molecule has 0 amide bonds. The molecule has 0 aromatic rings. The van der Waals surface area contributed by atoms with E-state index < -0.39 is 0 Å². The topological polar surface area (TPSA) is 0 Å². The van der Waals surface area contributed by atoms with Crippen LogP contribution in [0.4, 0.5) is 0 Å². The third kappa shape index (κ3) is 13.5. The average molecular weight is 262 g/mol. The van der Waals surface area contributed by atoms with Crippen molar-refractivity contribution in [3.63, 3.8) is 0 Å².